The predicted octanol–water partition coefficient (Wildman–Crippen LogP) is 8.03. The van der Waals surface area contributed by atoms with Crippen molar-refractivity contribution in [2.75, 3.05) is 0 Å². The highest BCUT2D eigenvalue weighted by Gasteiger charge is 2.51. The minimum atomic E-state index is 0.992. The van der Waals surface area contributed by atoms with Crippen molar-refractivity contribution in [3.8, 4) is 0 Å². The zero-order valence-electron chi connectivity index (χ0n) is 17.8. The first kappa shape index (κ1) is 18.7. The van der Waals surface area contributed by atoms with Crippen LogP contribution in [-0.4, -0.2) is 0 Å². The smallest absolute Gasteiger partial charge is 0.0322 e. The molecule has 0 nitrogen and oxygen atoms in total. The Labute approximate surface area is 169 Å². The summed E-state index contributed by atoms with van der Waals surface area (Å²) in [5.74, 6) is 9.92. The number of allylic oxidation sites excluding steroid dienone is 1. The van der Waals surface area contributed by atoms with Gasteiger partial charge in [0.2, 0.25) is 0 Å². The van der Waals surface area contributed by atoms with Crippen molar-refractivity contribution in [1.29, 1.82) is 0 Å². The van der Waals surface area contributed by atoms with Gasteiger partial charge in [0.05, 0.1) is 0 Å². The average Bonchev–Trinajstić information content (AvgIpc) is 3.23. The molecular formula is C27H44. The fraction of sp³-hybridized carbons (Fsp3) is 0.926. The highest BCUT2D eigenvalue weighted by molar-refractivity contribution is 5.01. The van der Waals surface area contributed by atoms with Gasteiger partial charge in [-0.05, 0) is 117 Å². The molecule has 0 aromatic heterocycles. The van der Waals surface area contributed by atoms with E-state index in [4.69, 9.17) is 0 Å². The molecule has 8 atom stereocenters. The van der Waals surface area contributed by atoms with E-state index in [0.29, 0.717) is 0 Å². The lowest BCUT2D eigenvalue weighted by Gasteiger charge is -2.33. The number of fused-ring (bicyclic) bond motifs is 4. The molecule has 5 aliphatic carbocycles. The minimum Gasteiger partial charge on any atom is -0.103 e. The van der Waals surface area contributed by atoms with E-state index in [9.17, 15) is 0 Å². The van der Waals surface area contributed by atoms with E-state index < -0.39 is 0 Å². The second-order valence-electron chi connectivity index (χ2n) is 11.4. The van der Waals surface area contributed by atoms with Crippen LogP contribution in [0.5, 0.6) is 0 Å². The van der Waals surface area contributed by atoms with Gasteiger partial charge in [0.25, 0.3) is 0 Å². The molecule has 0 spiro atoms. The Bertz CT molecular complexity index is 484. The molecule has 0 saturated heterocycles. The van der Waals surface area contributed by atoms with Gasteiger partial charge in [-0.1, -0.05) is 44.6 Å². The zero-order valence-corrected chi connectivity index (χ0v) is 17.8. The first-order valence-electron chi connectivity index (χ1n) is 13.0. The van der Waals surface area contributed by atoms with Gasteiger partial charge in [-0.25, -0.2) is 0 Å². The summed E-state index contributed by atoms with van der Waals surface area (Å²) < 4.78 is 0. The Morgan fingerprint density at radius 2 is 1.04 bits per heavy atom. The second-order valence-corrected chi connectivity index (χ2v) is 11.4. The first-order valence-corrected chi connectivity index (χ1v) is 13.0. The molecule has 5 aliphatic rings. The molecule has 0 heteroatoms. The van der Waals surface area contributed by atoms with Crippen LogP contribution in [0.3, 0.4) is 0 Å². The maximum absolute atomic E-state index is 4.09. The Morgan fingerprint density at radius 3 is 1.59 bits per heavy atom. The van der Waals surface area contributed by atoms with Gasteiger partial charge in [-0.15, -0.1) is 6.58 Å². The maximum Gasteiger partial charge on any atom is -0.0322 e. The van der Waals surface area contributed by atoms with Crippen molar-refractivity contribution in [2.24, 2.45) is 53.3 Å². The zero-order chi connectivity index (χ0) is 18.2. The lowest BCUT2D eigenvalue weighted by atomic mass is 9.72. The van der Waals surface area contributed by atoms with Gasteiger partial charge in [-0.2, -0.15) is 0 Å². The Hall–Kier alpha value is -0.260. The standard InChI is InChI=1S/C27H44/c1-2-9-19-18-20(22-11-4-3-10-21(19)22)16-17-27-25-14-7-5-12-23(25)24-13-6-8-15-26(24)27/h2,19-27H,1,3-18H2. The summed E-state index contributed by atoms with van der Waals surface area (Å²) in [6.07, 6.45) is 27.0. The summed E-state index contributed by atoms with van der Waals surface area (Å²) in [7, 11) is 0. The van der Waals surface area contributed by atoms with Gasteiger partial charge in [-0.3, -0.25) is 0 Å². The van der Waals surface area contributed by atoms with Crippen LogP contribution in [-0.2, 0) is 0 Å². The highest BCUT2D eigenvalue weighted by atomic mass is 14.6. The SMILES string of the molecule is C=CCC1CC(CCC2C3CCCCC3C3CCCCC32)C2CCCCC12. The monoisotopic (exact) mass is 368 g/mol. The molecule has 0 aromatic carbocycles. The summed E-state index contributed by atoms with van der Waals surface area (Å²) in [6, 6.07) is 0. The first-order chi connectivity index (χ1) is 13.4. The van der Waals surface area contributed by atoms with Crippen molar-refractivity contribution < 1.29 is 0 Å². The van der Waals surface area contributed by atoms with Crippen LogP contribution >= 0.6 is 0 Å². The van der Waals surface area contributed by atoms with E-state index >= 15 is 0 Å². The van der Waals surface area contributed by atoms with Crippen molar-refractivity contribution in [3.05, 3.63) is 12.7 Å². The summed E-state index contributed by atoms with van der Waals surface area (Å²) in [5, 5.41) is 0. The van der Waals surface area contributed by atoms with Crippen LogP contribution in [0.15, 0.2) is 12.7 Å². The molecule has 0 aromatic rings. The van der Waals surface area contributed by atoms with Gasteiger partial charge in [0.1, 0.15) is 0 Å². The van der Waals surface area contributed by atoms with Crippen LogP contribution in [0.4, 0.5) is 0 Å². The second kappa shape index (κ2) is 8.23. The van der Waals surface area contributed by atoms with E-state index in [1.165, 1.54) is 19.3 Å². The van der Waals surface area contributed by atoms with E-state index in [2.05, 4.69) is 12.7 Å². The maximum atomic E-state index is 4.09. The van der Waals surface area contributed by atoms with Gasteiger partial charge in [0.15, 0.2) is 0 Å². The average molecular weight is 369 g/mol. The number of hydrogen-bond donors (Lipinski definition) is 0. The molecule has 0 aliphatic heterocycles. The Morgan fingerprint density at radius 1 is 0.556 bits per heavy atom. The molecule has 0 amide bonds. The lowest BCUT2D eigenvalue weighted by molar-refractivity contribution is 0.167. The third kappa shape index (κ3) is 3.46. The van der Waals surface area contributed by atoms with Crippen molar-refractivity contribution >= 4 is 0 Å². The fourth-order valence-electron chi connectivity index (χ4n) is 9.57. The molecule has 152 valence electrons. The number of hydrogen-bond acceptors (Lipinski definition) is 0. The molecule has 5 rings (SSSR count). The van der Waals surface area contributed by atoms with E-state index in [-0.39, 0.29) is 0 Å². The van der Waals surface area contributed by atoms with Gasteiger partial charge in [0, 0.05) is 0 Å². The van der Waals surface area contributed by atoms with Crippen LogP contribution in [0.1, 0.15) is 103 Å². The largest absolute Gasteiger partial charge is 0.103 e. The quantitative estimate of drug-likeness (QED) is 0.431. The van der Waals surface area contributed by atoms with Crippen molar-refractivity contribution in [3.63, 3.8) is 0 Å². The van der Waals surface area contributed by atoms with Crippen LogP contribution in [0.25, 0.3) is 0 Å². The van der Waals surface area contributed by atoms with Gasteiger partial charge < -0.3 is 0 Å². The summed E-state index contributed by atoms with van der Waals surface area (Å²) in [5.41, 5.74) is 0. The van der Waals surface area contributed by atoms with Gasteiger partial charge >= 0.3 is 0 Å². The van der Waals surface area contributed by atoms with E-state index in [0.717, 1.165) is 53.3 Å². The molecule has 0 bridgehead atoms. The topological polar surface area (TPSA) is 0 Å². The number of rotatable bonds is 5. The molecular weight excluding hydrogens is 324 g/mol. The highest BCUT2D eigenvalue weighted by Crippen LogP contribution is 2.59. The third-order valence-electron chi connectivity index (χ3n) is 10.4. The molecule has 0 radical (unpaired) electrons. The Kier molecular flexibility index (Phi) is 5.72. The van der Waals surface area contributed by atoms with Crippen molar-refractivity contribution in [1.82, 2.24) is 0 Å². The molecule has 0 N–H and O–H groups in total. The molecule has 0 heterocycles. The molecule has 5 fully saturated rings. The molecule has 5 saturated carbocycles. The van der Waals surface area contributed by atoms with Crippen molar-refractivity contribution in [2.45, 2.75) is 103 Å². The summed E-state index contributed by atoms with van der Waals surface area (Å²) in [6.45, 7) is 4.09. The van der Waals surface area contributed by atoms with Crippen LogP contribution in [0.2, 0.25) is 0 Å². The summed E-state index contributed by atoms with van der Waals surface area (Å²) in [4.78, 5) is 0. The molecule has 8 unspecified atom stereocenters. The van der Waals surface area contributed by atoms with E-state index in [1.807, 2.05) is 0 Å². The predicted molar refractivity (Wildman–Crippen MR) is 115 cm³/mol. The molecule has 27 heavy (non-hydrogen) atoms. The lowest BCUT2D eigenvalue weighted by Crippen LogP contribution is -2.24. The van der Waals surface area contributed by atoms with E-state index in [1.54, 1.807) is 83.5 Å². The normalized spacial score (nSPS) is 49.3. The minimum absolute atomic E-state index is 0.992. The van der Waals surface area contributed by atoms with Crippen LogP contribution in [0, 0.1) is 53.3 Å². The summed E-state index contributed by atoms with van der Waals surface area (Å²) >= 11 is 0. The Balaban J connectivity index is 1.26. The van der Waals surface area contributed by atoms with Crippen LogP contribution < -0.4 is 0 Å². The third-order valence-corrected chi connectivity index (χ3v) is 10.4. The fourth-order valence-corrected chi connectivity index (χ4v) is 9.57.